The van der Waals surface area contributed by atoms with E-state index in [1.54, 1.807) is 0 Å². The van der Waals surface area contributed by atoms with Gasteiger partial charge in [-0.2, -0.15) is 0 Å². The van der Waals surface area contributed by atoms with Crippen molar-refractivity contribution in [3.05, 3.63) is 76.4 Å². The lowest BCUT2D eigenvalue weighted by Crippen LogP contribution is -2.35. The van der Waals surface area contributed by atoms with Crippen molar-refractivity contribution in [2.24, 2.45) is 0 Å². The molecule has 0 saturated carbocycles. The van der Waals surface area contributed by atoms with E-state index in [0.717, 1.165) is 27.3 Å². The van der Waals surface area contributed by atoms with Gasteiger partial charge in [-0.3, -0.25) is 24.1 Å². The Hall–Kier alpha value is -3.74. The van der Waals surface area contributed by atoms with Gasteiger partial charge in [-0.1, -0.05) is 23.8 Å². The summed E-state index contributed by atoms with van der Waals surface area (Å²) in [5.74, 6) is -1.61. The molecule has 0 spiro atoms. The third kappa shape index (κ3) is 4.26. The molecule has 0 fully saturated rings. The normalized spacial score (nSPS) is 12.6. The second kappa shape index (κ2) is 8.55. The number of anilines is 1. The van der Waals surface area contributed by atoms with Crippen molar-refractivity contribution in [2.75, 3.05) is 25.5 Å². The fourth-order valence-corrected chi connectivity index (χ4v) is 3.78. The van der Waals surface area contributed by atoms with Crippen molar-refractivity contribution in [1.29, 1.82) is 0 Å². The molecule has 0 aromatic heterocycles. The maximum Gasteiger partial charge on any atom is 0.261 e. The van der Waals surface area contributed by atoms with Crippen LogP contribution in [0.15, 0.2) is 43.0 Å². The topological polar surface area (TPSA) is 86.8 Å². The van der Waals surface area contributed by atoms with Crippen LogP contribution in [0, 0.1) is 20.8 Å². The number of nitrogens with one attached hydrogen (secondary N) is 1. The molecular weight excluding hydrogens is 394 g/mol. The number of rotatable bonds is 6. The summed E-state index contributed by atoms with van der Waals surface area (Å²) in [6.45, 7) is 9.33. The van der Waals surface area contributed by atoms with Crippen molar-refractivity contribution >= 4 is 29.3 Å². The average molecular weight is 419 g/mol. The summed E-state index contributed by atoms with van der Waals surface area (Å²) in [4.78, 5) is 52.5. The first-order chi connectivity index (χ1) is 14.6. The van der Waals surface area contributed by atoms with E-state index in [0.29, 0.717) is 0 Å². The molecule has 1 aliphatic heterocycles. The summed E-state index contributed by atoms with van der Waals surface area (Å²) in [6.07, 6.45) is 1.47. The third-order valence-corrected chi connectivity index (χ3v) is 5.20. The minimum absolute atomic E-state index is 0.105. The van der Waals surface area contributed by atoms with Crippen LogP contribution in [0.1, 0.15) is 47.8 Å². The summed E-state index contributed by atoms with van der Waals surface area (Å²) < 4.78 is 0. The van der Waals surface area contributed by atoms with Crippen LogP contribution in [0.5, 0.6) is 0 Å². The zero-order valence-corrected chi connectivity index (χ0v) is 18.1. The maximum atomic E-state index is 12.8. The van der Waals surface area contributed by atoms with Crippen LogP contribution in [0.4, 0.5) is 5.69 Å². The molecule has 1 heterocycles. The van der Waals surface area contributed by atoms with Gasteiger partial charge < -0.3 is 10.2 Å². The standard InChI is InChI=1S/C24H25N3O4/c1-6-9-27-23(30)18-8-7-17(12-19(18)24(27)31)22(29)26(5)13-20(28)25-21-15(3)10-14(2)11-16(21)4/h6-8,10-12H,1,9,13H2,2-5H3,(H,25,28). The van der Waals surface area contributed by atoms with Crippen LogP contribution in [0.25, 0.3) is 0 Å². The lowest BCUT2D eigenvalue weighted by molar-refractivity contribution is -0.116. The van der Waals surface area contributed by atoms with E-state index in [2.05, 4.69) is 11.9 Å². The van der Waals surface area contributed by atoms with Crippen LogP contribution in [0.2, 0.25) is 0 Å². The highest BCUT2D eigenvalue weighted by Crippen LogP contribution is 2.25. The zero-order chi connectivity index (χ0) is 22.9. The lowest BCUT2D eigenvalue weighted by atomic mass is 10.0. The smallest absolute Gasteiger partial charge is 0.261 e. The molecule has 7 nitrogen and oxygen atoms in total. The fourth-order valence-electron chi connectivity index (χ4n) is 3.78. The minimum Gasteiger partial charge on any atom is -0.332 e. The molecule has 2 aromatic rings. The molecule has 1 N–H and O–H groups in total. The molecule has 0 radical (unpaired) electrons. The predicted molar refractivity (Wildman–Crippen MR) is 118 cm³/mol. The molecule has 31 heavy (non-hydrogen) atoms. The number of amides is 4. The van der Waals surface area contributed by atoms with Crippen molar-refractivity contribution in [3.63, 3.8) is 0 Å². The molecule has 4 amide bonds. The van der Waals surface area contributed by atoms with Crippen LogP contribution < -0.4 is 5.32 Å². The quantitative estimate of drug-likeness (QED) is 0.576. The third-order valence-electron chi connectivity index (χ3n) is 5.20. The second-order valence-corrected chi connectivity index (χ2v) is 7.75. The fraction of sp³-hybridized carbons (Fsp3) is 0.250. The number of aryl methyl sites for hydroxylation is 3. The monoisotopic (exact) mass is 419 g/mol. The molecule has 3 rings (SSSR count). The van der Waals surface area contributed by atoms with Crippen LogP contribution in [0.3, 0.4) is 0 Å². The van der Waals surface area contributed by atoms with Gasteiger partial charge in [-0.05, 0) is 50.1 Å². The molecule has 2 aromatic carbocycles. The van der Waals surface area contributed by atoms with Gasteiger partial charge in [0, 0.05) is 24.8 Å². The SMILES string of the molecule is C=CCN1C(=O)c2ccc(C(=O)N(C)CC(=O)Nc3c(C)cc(C)cc3C)cc2C1=O. The molecule has 1 aliphatic rings. The van der Waals surface area contributed by atoms with Crippen LogP contribution >= 0.6 is 0 Å². The van der Waals surface area contributed by atoms with Gasteiger partial charge in [0.25, 0.3) is 17.7 Å². The first-order valence-electron chi connectivity index (χ1n) is 9.88. The largest absolute Gasteiger partial charge is 0.332 e. The molecule has 0 unspecified atom stereocenters. The number of carbonyl (C=O) groups is 4. The van der Waals surface area contributed by atoms with E-state index in [4.69, 9.17) is 0 Å². The average Bonchev–Trinajstić information content (AvgIpc) is 2.94. The van der Waals surface area contributed by atoms with Gasteiger partial charge in [0.05, 0.1) is 17.7 Å². The highest BCUT2D eigenvalue weighted by Gasteiger charge is 2.35. The van der Waals surface area contributed by atoms with E-state index in [1.807, 2.05) is 32.9 Å². The Morgan fingerprint density at radius 1 is 1.03 bits per heavy atom. The predicted octanol–water partition coefficient (Wildman–Crippen LogP) is 3.10. The number of carbonyl (C=O) groups excluding carboxylic acids is 4. The maximum absolute atomic E-state index is 12.8. The number of hydrogen-bond donors (Lipinski definition) is 1. The summed E-state index contributed by atoms with van der Waals surface area (Å²) in [5, 5.41) is 2.87. The number of fused-ring (bicyclic) bond motifs is 1. The van der Waals surface area contributed by atoms with E-state index < -0.39 is 17.7 Å². The van der Waals surface area contributed by atoms with Crippen molar-refractivity contribution in [2.45, 2.75) is 20.8 Å². The summed E-state index contributed by atoms with van der Waals surface area (Å²) in [7, 11) is 1.51. The molecule has 0 bridgehead atoms. The van der Waals surface area contributed by atoms with Crippen molar-refractivity contribution in [1.82, 2.24) is 9.80 Å². The van der Waals surface area contributed by atoms with Gasteiger partial charge in [-0.25, -0.2) is 0 Å². The Morgan fingerprint density at radius 2 is 1.65 bits per heavy atom. The molecule has 0 saturated heterocycles. The second-order valence-electron chi connectivity index (χ2n) is 7.75. The number of imide groups is 1. The number of benzene rings is 2. The zero-order valence-electron chi connectivity index (χ0n) is 18.1. The van der Waals surface area contributed by atoms with Gasteiger partial charge >= 0.3 is 0 Å². The minimum atomic E-state index is -0.458. The van der Waals surface area contributed by atoms with Crippen LogP contribution in [-0.4, -0.2) is 53.6 Å². The number of hydrogen-bond acceptors (Lipinski definition) is 4. The molecule has 160 valence electrons. The summed E-state index contributed by atoms with van der Waals surface area (Å²) in [6, 6.07) is 8.33. The Morgan fingerprint density at radius 3 is 2.26 bits per heavy atom. The lowest BCUT2D eigenvalue weighted by Gasteiger charge is -2.19. The summed E-state index contributed by atoms with van der Waals surface area (Å²) >= 11 is 0. The Balaban J connectivity index is 1.73. The van der Waals surface area contributed by atoms with E-state index in [9.17, 15) is 19.2 Å². The van der Waals surface area contributed by atoms with E-state index in [-0.39, 0.29) is 35.7 Å². The molecule has 0 aliphatic carbocycles. The first-order valence-corrected chi connectivity index (χ1v) is 9.88. The van der Waals surface area contributed by atoms with E-state index >= 15 is 0 Å². The van der Waals surface area contributed by atoms with Gasteiger partial charge in [-0.15, -0.1) is 6.58 Å². The Kier molecular flexibility index (Phi) is 6.06. The first kappa shape index (κ1) is 22.0. The van der Waals surface area contributed by atoms with Crippen molar-refractivity contribution in [3.8, 4) is 0 Å². The Labute approximate surface area is 181 Å². The molecular formula is C24H25N3O4. The summed E-state index contributed by atoms with van der Waals surface area (Å²) in [5.41, 5.74) is 4.42. The van der Waals surface area contributed by atoms with Gasteiger partial charge in [0.15, 0.2) is 0 Å². The molecule has 7 heteroatoms. The molecule has 0 atom stereocenters. The van der Waals surface area contributed by atoms with Gasteiger partial charge in [0.1, 0.15) is 0 Å². The van der Waals surface area contributed by atoms with Gasteiger partial charge in [0.2, 0.25) is 5.91 Å². The van der Waals surface area contributed by atoms with Crippen molar-refractivity contribution < 1.29 is 19.2 Å². The Bertz CT molecular complexity index is 1100. The highest BCUT2D eigenvalue weighted by atomic mass is 16.2. The number of nitrogens with zero attached hydrogens (tertiary/aromatic N) is 2. The number of likely N-dealkylation sites (N-methyl/N-ethyl adjacent to an activating group) is 1. The highest BCUT2D eigenvalue weighted by molar-refractivity contribution is 6.22. The van der Waals surface area contributed by atoms with E-state index in [1.165, 1.54) is 36.2 Å². The van der Waals surface area contributed by atoms with Crippen LogP contribution in [-0.2, 0) is 4.79 Å².